The monoisotopic (exact) mass is 338 g/mol. The third-order valence-electron chi connectivity index (χ3n) is 3.67. The van der Waals surface area contributed by atoms with Crippen LogP contribution < -0.4 is 0 Å². The largest absolute Gasteiger partial charge is 0.453 e. The van der Waals surface area contributed by atoms with E-state index >= 15 is 0 Å². The smallest absolute Gasteiger partial charge is 0.332 e. The van der Waals surface area contributed by atoms with E-state index in [9.17, 15) is 4.79 Å². The van der Waals surface area contributed by atoms with E-state index in [4.69, 9.17) is 18.9 Å². The number of rotatable bonds is 11. The second kappa shape index (κ2) is 10.4. The van der Waals surface area contributed by atoms with Gasteiger partial charge in [0.15, 0.2) is 0 Å². The van der Waals surface area contributed by atoms with Crippen LogP contribution in [-0.2, 0) is 29.3 Å². The van der Waals surface area contributed by atoms with E-state index in [2.05, 4.69) is 26.0 Å². The molecule has 0 radical (unpaired) electrons. The first-order valence-electron chi connectivity index (χ1n) is 8.33. The molecule has 136 valence electrons. The Kier molecular flexibility index (Phi) is 8.97. The molecule has 0 saturated carbocycles. The summed E-state index contributed by atoms with van der Waals surface area (Å²) in [5, 5.41) is 0. The zero-order valence-electron chi connectivity index (χ0n) is 15.5. The van der Waals surface area contributed by atoms with Crippen LogP contribution in [0.5, 0.6) is 0 Å². The fourth-order valence-electron chi connectivity index (χ4n) is 2.16. The van der Waals surface area contributed by atoms with E-state index in [1.807, 2.05) is 26.0 Å². The summed E-state index contributed by atoms with van der Waals surface area (Å²) in [6.07, 6.45) is 0. The average molecular weight is 338 g/mol. The number of esters is 1. The average Bonchev–Trinajstić information content (AvgIpc) is 2.53. The fourth-order valence-corrected chi connectivity index (χ4v) is 2.16. The molecule has 1 aromatic carbocycles. The third-order valence-corrected chi connectivity index (χ3v) is 3.67. The second-order valence-corrected chi connectivity index (χ2v) is 6.42. The number of carbonyl (C=O) groups excluding carboxylic acids is 1. The van der Waals surface area contributed by atoms with E-state index in [1.54, 1.807) is 7.11 Å². The van der Waals surface area contributed by atoms with E-state index < -0.39 is 5.60 Å². The molecule has 0 heterocycles. The Labute approximate surface area is 145 Å². The van der Waals surface area contributed by atoms with Gasteiger partial charge >= 0.3 is 5.97 Å². The molecule has 0 atom stereocenters. The van der Waals surface area contributed by atoms with E-state index in [1.165, 1.54) is 5.56 Å². The van der Waals surface area contributed by atoms with Gasteiger partial charge in [-0.3, -0.25) is 0 Å². The summed E-state index contributed by atoms with van der Waals surface area (Å²) in [5.74, 6) is 0.0917. The number of hydrogen-bond donors (Lipinski definition) is 0. The molecule has 0 unspecified atom stereocenters. The molecular weight excluding hydrogens is 308 g/mol. The Hall–Kier alpha value is -1.43. The van der Waals surface area contributed by atoms with Crippen molar-refractivity contribution in [1.29, 1.82) is 0 Å². The Bertz CT molecular complexity index is 479. The standard InChI is InChI=1S/C19H30O5/c1-15(2)16-6-8-17(9-7-16)19(3,4)24-18(20)14-23-13-12-22-11-10-21-5/h6-9,15H,10-14H2,1-5H3. The molecule has 0 saturated heterocycles. The molecule has 0 amide bonds. The molecule has 0 aromatic heterocycles. The Morgan fingerprint density at radius 3 is 2.17 bits per heavy atom. The van der Waals surface area contributed by atoms with Crippen molar-refractivity contribution in [2.75, 3.05) is 40.1 Å². The van der Waals surface area contributed by atoms with Gasteiger partial charge in [0.2, 0.25) is 0 Å². The summed E-state index contributed by atoms with van der Waals surface area (Å²) in [7, 11) is 1.62. The highest BCUT2D eigenvalue weighted by atomic mass is 16.6. The molecule has 5 nitrogen and oxygen atoms in total. The predicted molar refractivity (Wildman–Crippen MR) is 93.2 cm³/mol. The summed E-state index contributed by atoms with van der Waals surface area (Å²) in [4.78, 5) is 11.9. The van der Waals surface area contributed by atoms with Gasteiger partial charge in [0.25, 0.3) is 0 Å². The first-order valence-corrected chi connectivity index (χ1v) is 8.33. The molecule has 0 aliphatic rings. The SMILES string of the molecule is COCCOCCOCC(=O)OC(C)(C)c1ccc(C(C)C)cc1. The second-order valence-electron chi connectivity index (χ2n) is 6.42. The number of ether oxygens (including phenoxy) is 4. The molecule has 0 aliphatic heterocycles. The number of hydrogen-bond acceptors (Lipinski definition) is 5. The van der Waals surface area contributed by atoms with Crippen LogP contribution in [0.15, 0.2) is 24.3 Å². The van der Waals surface area contributed by atoms with E-state index in [-0.39, 0.29) is 12.6 Å². The van der Waals surface area contributed by atoms with Gasteiger partial charge in [-0.25, -0.2) is 4.79 Å². The van der Waals surface area contributed by atoms with Gasteiger partial charge in [-0.15, -0.1) is 0 Å². The van der Waals surface area contributed by atoms with Crippen LogP contribution in [0.1, 0.15) is 44.7 Å². The van der Waals surface area contributed by atoms with Gasteiger partial charge in [0.05, 0.1) is 26.4 Å². The zero-order valence-corrected chi connectivity index (χ0v) is 15.5. The van der Waals surface area contributed by atoms with Crippen LogP contribution >= 0.6 is 0 Å². The molecular formula is C19H30O5. The fraction of sp³-hybridized carbons (Fsp3) is 0.632. The number of methoxy groups -OCH3 is 1. The predicted octanol–water partition coefficient (Wildman–Crippen LogP) is 3.27. The first-order chi connectivity index (χ1) is 11.4. The summed E-state index contributed by atoms with van der Waals surface area (Å²) in [6, 6.07) is 8.16. The molecule has 1 rings (SSSR count). The maximum absolute atomic E-state index is 11.9. The molecule has 1 aromatic rings. The minimum Gasteiger partial charge on any atom is -0.453 e. The lowest BCUT2D eigenvalue weighted by molar-refractivity contribution is -0.163. The molecule has 0 fully saturated rings. The highest BCUT2D eigenvalue weighted by Crippen LogP contribution is 2.26. The zero-order chi connectivity index (χ0) is 18.0. The lowest BCUT2D eigenvalue weighted by Crippen LogP contribution is -2.28. The first kappa shape index (κ1) is 20.6. The molecule has 0 spiro atoms. The van der Waals surface area contributed by atoms with Crippen LogP contribution in [0.25, 0.3) is 0 Å². The van der Waals surface area contributed by atoms with Crippen LogP contribution in [0.2, 0.25) is 0 Å². The molecule has 0 N–H and O–H groups in total. The quantitative estimate of drug-likeness (QED) is 0.458. The van der Waals surface area contributed by atoms with Crippen molar-refractivity contribution in [3.05, 3.63) is 35.4 Å². The van der Waals surface area contributed by atoms with Gasteiger partial charge in [0.1, 0.15) is 12.2 Å². The van der Waals surface area contributed by atoms with Crippen molar-refractivity contribution >= 4 is 5.97 Å². The van der Waals surface area contributed by atoms with Gasteiger partial charge in [-0.2, -0.15) is 0 Å². The van der Waals surface area contributed by atoms with Crippen LogP contribution in [-0.4, -0.2) is 46.1 Å². The van der Waals surface area contributed by atoms with Crippen molar-refractivity contribution < 1.29 is 23.7 Å². The lowest BCUT2D eigenvalue weighted by Gasteiger charge is -2.26. The number of benzene rings is 1. The highest BCUT2D eigenvalue weighted by Gasteiger charge is 2.25. The van der Waals surface area contributed by atoms with Gasteiger partial charge in [-0.1, -0.05) is 38.1 Å². The van der Waals surface area contributed by atoms with E-state index in [0.717, 1.165) is 5.56 Å². The van der Waals surface area contributed by atoms with Crippen LogP contribution in [0.4, 0.5) is 0 Å². The third kappa shape index (κ3) is 7.43. The highest BCUT2D eigenvalue weighted by molar-refractivity contribution is 5.71. The van der Waals surface area contributed by atoms with Crippen molar-refractivity contribution in [1.82, 2.24) is 0 Å². The van der Waals surface area contributed by atoms with Crippen LogP contribution in [0, 0.1) is 0 Å². The Morgan fingerprint density at radius 2 is 1.58 bits per heavy atom. The summed E-state index contributed by atoms with van der Waals surface area (Å²) in [5.41, 5.74) is 1.53. The number of carbonyl (C=O) groups is 1. The van der Waals surface area contributed by atoms with Gasteiger partial charge in [-0.05, 0) is 30.9 Å². The maximum Gasteiger partial charge on any atom is 0.332 e. The Morgan fingerprint density at radius 1 is 1.00 bits per heavy atom. The summed E-state index contributed by atoms with van der Waals surface area (Å²) < 4.78 is 20.9. The molecule has 0 aliphatic carbocycles. The summed E-state index contributed by atoms with van der Waals surface area (Å²) in [6.45, 7) is 9.81. The minimum absolute atomic E-state index is 0.0822. The van der Waals surface area contributed by atoms with Crippen molar-refractivity contribution in [2.45, 2.75) is 39.2 Å². The van der Waals surface area contributed by atoms with Gasteiger partial charge < -0.3 is 18.9 Å². The molecule has 5 heteroatoms. The van der Waals surface area contributed by atoms with E-state index in [0.29, 0.717) is 32.3 Å². The minimum atomic E-state index is -0.690. The normalized spacial score (nSPS) is 11.8. The van der Waals surface area contributed by atoms with Crippen LogP contribution in [0.3, 0.4) is 0 Å². The molecule has 0 bridgehead atoms. The maximum atomic E-state index is 11.9. The van der Waals surface area contributed by atoms with Crippen molar-refractivity contribution in [3.63, 3.8) is 0 Å². The van der Waals surface area contributed by atoms with Gasteiger partial charge in [0, 0.05) is 7.11 Å². The topological polar surface area (TPSA) is 54.0 Å². The lowest BCUT2D eigenvalue weighted by atomic mass is 9.94. The van der Waals surface area contributed by atoms with Crippen molar-refractivity contribution in [2.24, 2.45) is 0 Å². The Balaban J connectivity index is 2.36. The van der Waals surface area contributed by atoms with Crippen molar-refractivity contribution in [3.8, 4) is 0 Å². The molecule has 24 heavy (non-hydrogen) atoms. The summed E-state index contributed by atoms with van der Waals surface area (Å²) >= 11 is 0.